The summed E-state index contributed by atoms with van der Waals surface area (Å²) < 4.78 is 13.1. The third-order valence-corrected chi connectivity index (χ3v) is 6.28. The van der Waals surface area contributed by atoms with Crippen LogP contribution >= 0.6 is 11.3 Å². The molecule has 0 saturated carbocycles. The number of rotatable bonds is 5. The highest BCUT2D eigenvalue weighted by molar-refractivity contribution is 7.09. The van der Waals surface area contributed by atoms with E-state index in [4.69, 9.17) is 0 Å². The third kappa shape index (κ3) is 5.17. The number of benzene rings is 2. The van der Waals surface area contributed by atoms with Crippen molar-refractivity contribution in [2.75, 3.05) is 13.1 Å². The van der Waals surface area contributed by atoms with Gasteiger partial charge in [-0.05, 0) is 49.6 Å². The highest BCUT2D eigenvalue weighted by Crippen LogP contribution is 2.22. The van der Waals surface area contributed by atoms with E-state index in [-0.39, 0.29) is 23.5 Å². The van der Waals surface area contributed by atoms with Crippen molar-refractivity contribution in [2.45, 2.75) is 26.3 Å². The number of aromatic nitrogens is 1. The Kier molecular flexibility index (Phi) is 6.42. The number of piperidine rings is 1. The van der Waals surface area contributed by atoms with Crippen LogP contribution in [0.3, 0.4) is 0 Å². The fourth-order valence-electron chi connectivity index (χ4n) is 3.77. The Morgan fingerprint density at radius 2 is 1.90 bits per heavy atom. The van der Waals surface area contributed by atoms with Gasteiger partial charge in [0.1, 0.15) is 5.82 Å². The van der Waals surface area contributed by atoms with Gasteiger partial charge in [-0.3, -0.25) is 9.59 Å². The summed E-state index contributed by atoms with van der Waals surface area (Å²) in [7, 11) is 0. The number of aryl methyl sites for hydroxylation is 1. The number of hydrogen-bond acceptors (Lipinski definition) is 4. The maximum absolute atomic E-state index is 13.1. The third-order valence-electron chi connectivity index (χ3n) is 5.51. The summed E-state index contributed by atoms with van der Waals surface area (Å²) in [6.07, 6.45) is 1.52. The monoisotopic (exact) mass is 437 g/mol. The fraction of sp³-hybridized carbons (Fsp3) is 0.292. The molecule has 1 aliphatic rings. The van der Waals surface area contributed by atoms with E-state index in [1.165, 1.54) is 24.3 Å². The Hall–Kier alpha value is -3.06. The van der Waals surface area contributed by atoms with E-state index in [1.807, 2.05) is 36.6 Å². The summed E-state index contributed by atoms with van der Waals surface area (Å²) in [5, 5.41) is 6.07. The topological polar surface area (TPSA) is 62.3 Å². The average Bonchev–Trinajstić information content (AvgIpc) is 3.24. The van der Waals surface area contributed by atoms with E-state index in [1.54, 1.807) is 16.2 Å². The Labute approximate surface area is 184 Å². The minimum absolute atomic E-state index is 0.0455. The molecule has 1 fully saturated rings. The van der Waals surface area contributed by atoms with Crippen LogP contribution in [0.2, 0.25) is 0 Å². The minimum Gasteiger partial charge on any atom is -0.352 e. The molecule has 1 N–H and O–H groups in total. The summed E-state index contributed by atoms with van der Waals surface area (Å²) in [6.45, 7) is 3.41. The van der Waals surface area contributed by atoms with Crippen molar-refractivity contribution < 1.29 is 14.0 Å². The largest absolute Gasteiger partial charge is 0.352 e. The van der Waals surface area contributed by atoms with Crippen LogP contribution in [0.1, 0.15) is 33.8 Å². The Balaban J connectivity index is 1.32. The lowest BCUT2D eigenvalue weighted by molar-refractivity contribution is -0.126. The standard InChI is InChI=1S/C24H24FN3O2S/c1-16-27-22(15-31-16)18-6-4-17(5-7-18)13-26-23(29)20-3-2-12-28(14-20)24(30)19-8-10-21(25)11-9-19/h4-11,15,20H,2-3,12-14H2,1H3,(H,26,29). The van der Waals surface area contributed by atoms with Crippen LogP contribution in [0, 0.1) is 18.7 Å². The first-order chi connectivity index (χ1) is 15.0. The van der Waals surface area contributed by atoms with Gasteiger partial charge in [-0.25, -0.2) is 9.37 Å². The first kappa shape index (κ1) is 21.2. The van der Waals surface area contributed by atoms with Gasteiger partial charge < -0.3 is 10.2 Å². The molecule has 2 amide bonds. The van der Waals surface area contributed by atoms with E-state index in [0.29, 0.717) is 25.2 Å². The number of hydrogen-bond donors (Lipinski definition) is 1. The predicted octanol–water partition coefficient (Wildman–Crippen LogP) is 4.43. The van der Waals surface area contributed by atoms with Crippen LogP contribution in [-0.2, 0) is 11.3 Å². The maximum atomic E-state index is 13.1. The molecule has 0 radical (unpaired) electrons. The van der Waals surface area contributed by atoms with E-state index < -0.39 is 0 Å². The molecule has 1 aromatic heterocycles. The van der Waals surface area contributed by atoms with Gasteiger partial charge in [0.15, 0.2) is 0 Å². The van der Waals surface area contributed by atoms with Crippen molar-refractivity contribution >= 4 is 23.2 Å². The number of amides is 2. The molecule has 1 unspecified atom stereocenters. The van der Waals surface area contributed by atoms with E-state index in [2.05, 4.69) is 10.3 Å². The second kappa shape index (κ2) is 9.39. The predicted molar refractivity (Wildman–Crippen MR) is 119 cm³/mol. The summed E-state index contributed by atoms with van der Waals surface area (Å²) in [5.74, 6) is -0.821. The van der Waals surface area contributed by atoms with Gasteiger partial charge in [0.25, 0.3) is 5.91 Å². The van der Waals surface area contributed by atoms with Gasteiger partial charge >= 0.3 is 0 Å². The van der Waals surface area contributed by atoms with E-state index in [9.17, 15) is 14.0 Å². The molecular formula is C24H24FN3O2S. The highest BCUT2D eigenvalue weighted by atomic mass is 32.1. The van der Waals surface area contributed by atoms with Crippen molar-refractivity contribution in [3.8, 4) is 11.3 Å². The highest BCUT2D eigenvalue weighted by Gasteiger charge is 2.28. The van der Waals surface area contributed by atoms with Crippen molar-refractivity contribution in [3.05, 3.63) is 75.9 Å². The number of carbonyl (C=O) groups excluding carboxylic acids is 2. The number of thiazole rings is 1. The number of nitrogens with one attached hydrogen (secondary N) is 1. The van der Waals surface area contributed by atoms with Gasteiger partial charge in [0.05, 0.1) is 16.6 Å². The molecule has 5 nitrogen and oxygen atoms in total. The molecule has 2 heterocycles. The first-order valence-electron chi connectivity index (χ1n) is 10.3. The Morgan fingerprint density at radius 1 is 1.16 bits per heavy atom. The van der Waals surface area contributed by atoms with Crippen LogP contribution in [0.15, 0.2) is 53.9 Å². The van der Waals surface area contributed by atoms with Gasteiger partial charge in [-0.1, -0.05) is 24.3 Å². The maximum Gasteiger partial charge on any atom is 0.253 e. The van der Waals surface area contributed by atoms with Gasteiger partial charge in [-0.15, -0.1) is 11.3 Å². The molecule has 1 atom stereocenters. The summed E-state index contributed by atoms with van der Waals surface area (Å²) in [6, 6.07) is 13.5. The van der Waals surface area contributed by atoms with Crippen molar-refractivity contribution in [3.63, 3.8) is 0 Å². The number of halogens is 1. The lowest BCUT2D eigenvalue weighted by atomic mass is 9.96. The zero-order valence-corrected chi connectivity index (χ0v) is 18.1. The summed E-state index contributed by atoms with van der Waals surface area (Å²) in [5.41, 5.74) is 3.48. The van der Waals surface area contributed by atoms with Gasteiger partial charge in [-0.2, -0.15) is 0 Å². The van der Waals surface area contributed by atoms with Crippen LogP contribution in [-0.4, -0.2) is 34.8 Å². The number of carbonyl (C=O) groups is 2. The molecule has 2 aromatic carbocycles. The molecule has 7 heteroatoms. The van der Waals surface area contributed by atoms with Crippen molar-refractivity contribution in [1.82, 2.24) is 15.2 Å². The normalized spacial score (nSPS) is 16.2. The molecule has 4 rings (SSSR count). The van der Waals surface area contributed by atoms with E-state index >= 15 is 0 Å². The van der Waals surface area contributed by atoms with Crippen molar-refractivity contribution in [2.24, 2.45) is 5.92 Å². The number of nitrogens with zero attached hydrogens (tertiary/aromatic N) is 2. The van der Waals surface area contributed by atoms with Crippen LogP contribution in [0.5, 0.6) is 0 Å². The minimum atomic E-state index is -0.373. The smallest absolute Gasteiger partial charge is 0.253 e. The molecule has 0 aliphatic carbocycles. The molecule has 0 spiro atoms. The van der Waals surface area contributed by atoms with Crippen LogP contribution < -0.4 is 5.32 Å². The SMILES string of the molecule is Cc1nc(-c2ccc(CNC(=O)C3CCCN(C(=O)c4ccc(F)cc4)C3)cc2)cs1. The molecule has 0 bridgehead atoms. The van der Waals surface area contributed by atoms with Gasteiger partial charge in [0.2, 0.25) is 5.91 Å². The second-order valence-corrected chi connectivity index (χ2v) is 8.83. The quantitative estimate of drug-likeness (QED) is 0.643. The van der Waals surface area contributed by atoms with Crippen LogP contribution in [0.4, 0.5) is 4.39 Å². The van der Waals surface area contributed by atoms with Gasteiger partial charge in [0, 0.05) is 36.1 Å². The molecule has 31 heavy (non-hydrogen) atoms. The lowest BCUT2D eigenvalue weighted by Gasteiger charge is -2.32. The summed E-state index contributed by atoms with van der Waals surface area (Å²) in [4.78, 5) is 31.6. The van der Waals surface area contributed by atoms with Crippen molar-refractivity contribution in [1.29, 1.82) is 0 Å². The number of likely N-dealkylation sites (tertiary alicyclic amines) is 1. The zero-order valence-electron chi connectivity index (χ0n) is 17.3. The molecule has 3 aromatic rings. The lowest BCUT2D eigenvalue weighted by Crippen LogP contribution is -2.45. The second-order valence-electron chi connectivity index (χ2n) is 7.76. The molecule has 160 valence electrons. The Morgan fingerprint density at radius 3 is 2.58 bits per heavy atom. The molecular weight excluding hydrogens is 413 g/mol. The molecule has 1 aliphatic heterocycles. The van der Waals surface area contributed by atoms with Crippen LogP contribution in [0.25, 0.3) is 11.3 Å². The van der Waals surface area contributed by atoms with E-state index in [0.717, 1.165) is 34.7 Å². The fourth-order valence-corrected chi connectivity index (χ4v) is 4.40. The average molecular weight is 438 g/mol. The summed E-state index contributed by atoms with van der Waals surface area (Å²) >= 11 is 1.62. The molecule has 1 saturated heterocycles. The first-order valence-corrected chi connectivity index (χ1v) is 11.2. The zero-order chi connectivity index (χ0) is 21.8. The Bertz CT molecular complexity index is 1060.